The highest BCUT2D eigenvalue weighted by Gasteiger charge is 2.51. The van der Waals surface area contributed by atoms with Crippen molar-refractivity contribution in [3.63, 3.8) is 0 Å². The molecule has 134 valence electrons. The second-order valence-electron chi connectivity index (χ2n) is 5.75. The first-order chi connectivity index (χ1) is 12.4. The largest absolute Gasteiger partial charge is 0.480 e. The molecule has 2 N–H and O–H groups in total. The smallest absolute Gasteiger partial charge is 0.337 e. The molecule has 0 radical (unpaired) electrons. The zero-order chi connectivity index (χ0) is 18.6. The van der Waals surface area contributed by atoms with Crippen LogP contribution in [-0.4, -0.2) is 40.4 Å². The minimum Gasteiger partial charge on any atom is -0.480 e. The molecular weight excluding hydrogens is 382 g/mol. The number of carboxylic acids is 1. The van der Waals surface area contributed by atoms with Gasteiger partial charge < -0.3 is 19.6 Å². The Balaban J connectivity index is 1.95. The summed E-state index contributed by atoms with van der Waals surface area (Å²) in [7, 11) is 1.25. The lowest BCUT2D eigenvalue weighted by Gasteiger charge is -2.37. The van der Waals surface area contributed by atoms with Crippen LogP contribution in [0.5, 0.6) is 5.75 Å². The second-order valence-corrected chi connectivity index (χ2v) is 7.92. The number of thiazole rings is 1. The third-order valence-corrected chi connectivity index (χ3v) is 6.75. The number of rotatable bonds is 2. The van der Waals surface area contributed by atoms with Crippen molar-refractivity contribution < 1.29 is 29.0 Å². The number of aliphatic carboxylic acids is 1. The number of fused-ring (bicyclic) bond motifs is 5. The topological polar surface area (TPSA) is 123 Å². The molecule has 2 aromatic rings. The Morgan fingerprint density at radius 1 is 1.31 bits per heavy atom. The van der Waals surface area contributed by atoms with Crippen LogP contribution in [0.2, 0.25) is 0 Å². The molecule has 3 atom stereocenters. The zero-order valence-electron chi connectivity index (χ0n) is 13.2. The van der Waals surface area contributed by atoms with Crippen LogP contribution < -0.4 is 9.61 Å². The summed E-state index contributed by atoms with van der Waals surface area (Å²) in [6.45, 7) is 0. The Bertz CT molecular complexity index is 1010. The summed E-state index contributed by atoms with van der Waals surface area (Å²) in [5.74, 6) is -3.85. The molecular formula is C16H11NO7S2. The van der Waals surface area contributed by atoms with Crippen LogP contribution in [0, 0.1) is 5.92 Å². The quantitative estimate of drug-likeness (QED) is 0.581. The van der Waals surface area contributed by atoms with Crippen LogP contribution in [-0.2, 0) is 14.3 Å². The summed E-state index contributed by atoms with van der Waals surface area (Å²) in [6, 6.07) is 4.46. The lowest BCUT2D eigenvalue weighted by molar-refractivity contribution is -0.147. The first-order valence-electron chi connectivity index (χ1n) is 7.47. The molecule has 3 heterocycles. The molecule has 0 spiro atoms. The van der Waals surface area contributed by atoms with Crippen LogP contribution in [0.1, 0.15) is 26.7 Å². The van der Waals surface area contributed by atoms with Crippen molar-refractivity contribution in [2.45, 2.75) is 16.2 Å². The van der Waals surface area contributed by atoms with E-state index in [2.05, 4.69) is 4.98 Å². The Morgan fingerprint density at radius 2 is 2.08 bits per heavy atom. The Morgan fingerprint density at radius 3 is 2.77 bits per heavy atom. The van der Waals surface area contributed by atoms with Crippen molar-refractivity contribution >= 4 is 41.0 Å². The van der Waals surface area contributed by atoms with Crippen LogP contribution in [0.25, 0.3) is 0 Å². The fourth-order valence-corrected chi connectivity index (χ4v) is 5.66. The highest BCUT2D eigenvalue weighted by atomic mass is 32.2. The zero-order valence-corrected chi connectivity index (χ0v) is 14.8. The second kappa shape index (κ2) is 5.99. The van der Waals surface area contributed by atoms with Gasteiger partial charge in [-0.1, -0.05) is 23.1 Å². The van der Waals surface area contributed by atoms with Gasteiger partial charge in [0.1, 0.15) is 11.0 Å². The predicted molar refractivity (Wildman–Crippen MR) is 91.0 cm³/mol. The van der Waals surface area contributed by atoms with Gasteiger partial charge in [-0.25, -0.2) is 4.79 Å². The Kier molecular flexibility index (Phi) is 3.88. The van der Waals surface area contributed by atoms with Gasteiger partial charge in [-0.2, -0.15) is 0 Å². The minimum absolute atomic E-state index is 0.242. The Labute approximate surface area is 154 Å². The van der Waals surface area contributed by atoms with E-state index in [0.717, 1.165) is 23.1 Å². The maximum absolute atomic E-state index is 12.5. The summed E-state index contributed by atoms with van der Waals surface area (Å²) in [5, 5.41) is 8.88. The van der Waals surface area contributed by atoms with Crippen LogP contribution >= 0.6 is 23.1 Å². The number of ether oxygens (including phenoxy) is 2. The Hall–Kier alpha value is -2.59. The molecule has 0 saturated heterocycles. The number of carboxylic acid groups (broad SMARTS) is 1. The first kappa shape index (κ1) is 16.9. The highest BCUT2D eigenvalue weighted by molar-refractivity contribution is 8.00. The maximum Gasteiger partial charge on any atom is 0.337 e. The van der Waals surface area contributed by atoms with Gasteiger partial charge in [-0.15, -0.1) is 0 Å². The molecule has 0 saturated carbocycles. The van der Waals surface area contributed by atoms with E-state index in [1.807, 2.05) is 0 Å². The molecule has 10 heteroatoms. The van der Waals surface area contributed by atoms with Gasteiger partial charge in [0.2, 0.25) is 0 Å². The number of hydrogen-bond acceptors (Lipinski definition) is 8. The summed E-state index contributed by atoms with van der Waals surface area (Å²) in [6.07, 6.45) is 0. The van der Waals surface area contributed by atoms with E-state index in [0.29, 0.717) is 15.5 Å². The van der Waals surface area contributed by atoms with Gasteiger partial charge >= 0.3 is 22.8 Å². The number of nitrogens with one attached hydrogen (secondary N) is 1. The number of esters is 2. The number of benzene rings is 1. The average Bonchev–Trinajstić information content (AvgIpc) is 2.99. The van der Waals surface area contributed by atoms with Gasteiger partial charge in [-0.05, 0) is 18.2 Å². The molecule has 0 aliphatic carbocycles. The highest BCUT2D eigenvalue weighted by Crippen LogP contribution is 2.53. The van der Waals surface area contributed by atoms with Crippen LogP contribution in [0.15, 0.2) is 28.0 Å². The van der Waals surface area contributed by atoms with Crippen molar-refractivity contribution in [2.24, 2.45) is 5.92 Å². The molecule has 2 aliphatic heterocycles. The number of H-pyrrole nitrogens is 1. The monoisotopic (exact) mass is 393 g/mol. The molecule has 26 heavy (non-hydrogen) atoms. The van der Waals surface area contributed by atoms with Gasteiger partial charge in [0, 0.05) is 16.4 Å². The van der Waals surface area contributed by atoms with Crippen molar-refractivity contribution in [2.75, 3.05) is 7.11 Å². The van der Waals surface area contributed by atoms with Crippen molar-refractivity contribution in [3.05, 3.63) is 43.9 Å². The van der Waals surface area contributed by atoms with Crippen LogP contribution in [0.3, 0.4) is 0 Å². The number of thioether (sulfide) groups is 1. The molecule has 2 aliphatic rings. The summed E-state index contributed by atoms with van der Waals surface area (Å²) in [4.78, 5) is 50.8. The van der Waals surface area contributed by atoms with E-state index in [4.69, 9.17) is 9.47 Å². The summed E-state index contributed by atoms with van der Waals surface area (Å²) < 4.78 is 10.0. The molecule has 0 bridgehead atoms. The molecule has 4 rings (SSSR count). The van der Waals surface area contributed by atoms with Crippen molar-refractivity contribution in [1.82, 2.24) is 4.98 Å². The van der Waals surface area contributed by atoms with Crippen molar-refractivity contribution in [3.8, 4) is 5.75 Å². The molecule has 1 aromatic carbocycles. The third kappa shape index (κ3) is 2.44. The van der Waals surface area contributed by atoms with Crippen molar-refractivity contribution in [1.29, 1.82) is 0 Å². The average molecular weight is 393 g/mol. The number of aromatic nitrogens is 1. The SMILES string of the molecule is COC(=O)c1ccc2c(c1)[C@@H]1c3sc(=O)[nH]c3S[C@@H](C(=O)O)[C@@H]1C(=O)O2. The first-order valence-corrected chi connectivity index (χ1v) is 9.16. The van der Waals surface area contributed by atoms with E-state index in [-0.39, 0.29) is 16.2 Å². The number of carbonyl (C=O) groups is 3. The summed E-state index contributed by atoms with van der Waals surface area (Å²) >= 11 is 1.85. The molecule has 0 amide bonds. The predicted octanol–water partition coefficient (Wildman–Crippen LogP) is 1.45. The number of carbonyl (C=O) groups excluding carboxylic acids is 2. The summed E-state index contributed by atoms with van der Waals surface area (Å²) in [5.41, 5.74) is 0.734. The lowest BCUT2D eigenvalue weighted by Crippen LogP contribution is -2.44. The normalized spacial score (nSPS) is 23.3. The molecule has 0 unspecified atom stereocenters. The fraction of sp³-hybridized carbons (Fsp3) is 0.250. The van der Waals surface area contributed by atoms with E-state index in [9.17, 15) is 24.3 Å². The third-order valence-electron chi connectivity index (χ3n) is 4.35. The number of aromatic amines is 1. The number of methoxy groups -OCH3 is 1. The van der Waals surface area contributed by atoms with E-state index < -0.39 is 35.0 Å². The van der Waals surface area contributed by atoms with Gasteiger partial charge in [0.15, 0.2) is 0 Å². The minimum atomic E-state index is -1.17. The van der Waals surface area contributed by atoms with Gasteiger partial charge in [-0.3, -0.25) is 14.4 Å². The van der Waals surface area contributed by atoms with E-state index >= 15 is 0 Å². The number of hydrogen-bond donors (Lipinski definition) is 2. The lowest BCUT2D eigenvalue weighted by atomic mass is 9.79. The van der Waals surface area contributed by atoms with E-state index in [1.165, 1.54) is 25.3 Å². The molecule has 8 nitrogen and oxygen atoms in total. The standard InChI is InChI=1S/C16H11NO7S2/c1-23-14(20)5-2-3-7-6(4-5)8-9(15(21)24-7)11(13(18)19)25-12-10(8)26-16(22)17-12/h2-4,8-9,11H,1H3,(H,17,22)(H,18,19)/t8-,9+,11+/m0/s1. The van der Waals surface area contributed by atoms with E-state index in [1.54, 1.807) is 0 Å². The van der Waals surface area contributed by atoms with Gasteiger partial charge in [0.05, 0.1) is 23.6 Å². The fourth-order valence-electron chi connectivity index (χ4n) is 3.26. The van der Waals surface area contributed by atoms with Crippen LogP contribution in [0.4, 0.5) is 0 Å². The molecule has 0 fully saturated rings. The maximum atomic E-state index is 12.5. The molecule has 1 aromatic heterocycles. The van der Waals surface area contributed by atoms with Gasteiger partial charge in [0.25, 0.3) is 0 Å².